The molecule has 1 aromatic heterocycles. The molecule has 0 atom stereocenters. The quantitative estimate of drug-likeness (QED) is 0.846. The maximum atomic E-state index is 12.0. The van der Waals surface area contributed by atoms with E-state index in [1.807, 2.05) is 18.2 Å². The minimum Gasteiger partial charge on any atom is -0.372 e. The third-order valence-electron chi connectivity index (χ3n) is 3.34. The highest BCUT2D eigenvalue weighted by Crippen LogP contribution is 2.22. The summed E-state index contributed by atoms with van der Waals surface area (Å²) in [6.45, 7) is 2.13. The molecule has 2 aromatic rings. The van der Waals surface area contributed by atoms with Gasteiger partial charge in [0.15, 0.2) is 0 Å². The molecule has 1 fully saturated rings. The van der Waals surface area contributed by atoms with Crippen LogP contribution >= 0.6 is 11.6 Å². The highest BCUT2D eigenvalue weighted by Gasteiger charge is 2.13. The summed E-state index contributed by atoms with van der Waals surface area (Å²) in [5, 5.41) is 0.633. The van der Waals surface area contributed by atoms with Crippen LogP contribution in [0.15, 0.2) is 23.0 Å². The minimum atomic E-state index is -0.114. The number of nitrogens with one attached hydrogen (secondary N) is 1. The molecule has 2 heterocycles. The second kappa shape index (κ2) is 4.61. The zero-order valence-corrected chi connectivity index (χ0v) is 10.7. The summed E-state index contributed by atoms with van der Waals surface area (Å²) in [4.78, 5) is 21.3. The third-order valence-corrected chi connectivity index (χ3v) is 3.59. The maximum Gasteiger partial charge on any atom is 0.258 e. The largest absolute Gasteiger partial charge is 0.372 e. The molecule has 5 heteroatoms. The Morgan fingerprint density at radius 2 is 2.11 bits per heavy atom. The number of anilines is 1. The molecule has 1 aliphatic rings. The lowest BCUT2D eigenvalue weighted by molar-refractivity contribution is 0.949. The van der Waals surface area contributed by atoms with Crippen LogP contribution < -0.4 is 10.5 Å². The Morgan fingerprint density at radius 1 is 1.33 bits per heavy atom. The lowest BCUT2D eigenvalue weighted by atomic mass is 10.2. The van der Waals surface area contributed by atoms with Gasteiger partial charge in [-0.2, -0.15) is 0 Å². The number of hydrogen-bond acceptors (Lipinski definition) is 3. The zero-order valence-electron chi connectivity index (χ0n) is 9.95. The second-order valence-electron chi connectivity index (χ2n) is 4.54. The molecule has 0 bridgehead atoms. The molecular weight excluding hydrogens is 250 g/mol. The Morgan fingerprint density at radius 3 is 2.83 bits per heavy atom. The van der Waals surface area contributed by atoms with Crippen LogP contribution in [0.1, 0.15) is 18.7 Å². The monoisotopic (exact) mass is 263 g/mol. The number of aromatic nitrogens is 2. The molecule has 94 valence electrons. The smallest absolute Gasteiger partial charge is 0.258 e. The van der Waals surface area contributed by atoms with Crippen molar-refractivity contribution in [2.24, 2.45) is 0 Å². The zero-order chi connectivity index (χ0) is 12.5. The summed E-state index contributed by atoms with van der Waals surface area (Å²) in [7, 11) is 0. The van der Waals surface area contributed by atoms with Gasteiger partial charge in [0.2, 0.25) is 0 Å². The Balaban J connectivity index is 2.11. The van der Waals surface area contributed by atoms with Crippen molar-refractivity contribution in [3.8, 4) is 0 Å². The van der Waals surface area contributed by atoms with Crippen LogP contribution in [0.25, 0.3) is 10.9 Å². The van der Waals surface area contributed by atoms with Gasteiger partial charge in [0, 0.05) is 18.8 Å². The molecule has 0 radical (unpaired) electrons. The van der Waals surface area contributed by atoms with Gasteiger partial charge in [0.25, 0.3) is 5.56 Å². The van der Waals surface area contributed by atoms with Crippen molar-refractivity contribution < 1.29 is 0 Å². The molecule has 1 aliphatic heterocycles. The lowest BCUT2D eigenvalue weighted by Crippen LogP contribution is -2.18. The van der Waals surface area contributed by atoms with Crippen molar-refractivity contribution >= 4 is 28.2 Å². The van der Waals surface area contributed by atoms with Gasteiger partial charge in [-0.15, -0.1) is 11.6 Å². The average Bonchev–Trinajstić information content (AvgIpc) is 2.92. The van der Waals surface area contributed by atoms with Crippen molar-refractivity contribution in [3.05, 3.63) is 34.4 Å². The fourth-order valence-corrected chi connectivity index (χ4v) is 2.54. The van der Waals surface area contributed by atoms with Gasteiger partial charge in [-0.3, -0.25) is 4.79 Å². The predicted octanol–water partition coefficient (Wildman–Crippen LogP) is 2.26. The number of benzene rings is 1. The molecule has 0 spiro atoms. The van der Waals surface area contributed by atoms with E-state index in [-0.39, 0.29) is 11.4 Å². The molecule has 1 saturated heterocycles. The summed E-state index contributed by atoms with van der Waals surface area (Å²) in [5.41, 5.74) is 1.69. The standard InChI is InChI=1S/C13H14ClN3O/c14-8-12-15-11-4-3-9(17-5-1-2-6-17)7-10(11)13(18)16-12/h3-4,7H,1-2,5-6,8H2,(H,15,16,18). The summed E-state index contributed by atoms with van der Waals surface area (Å²) in [5.74, 6) is 0.738. The van der Waals surface area contributed by atoms with Gasteiger partial charge in [0.05, 0.1) is 16.8 Å². The minimum absolute atomic E-state index is 0.114. The van der Waals surface area contributed by atoms with Crippen LogP contribution in [-0.4, -0.2) is 23.1 Å². The number of H-pyrrole nitrogens is 1. The molecule has 1 N–H and O–H groups in total. The van der Waals surface area contributed by atoms with E-state index >= 15 is 0 Å². The summed E-state index contributed by atoms with van der Waals surface area (Å²) in [6.07, 6.45) is 2.44. The fourth-order valence-electron chi connectivity index (χ4n) is 2.41. The first-order valence-corrected chi connectivity index (χ1v) is 6.65. The molecule has 18 heavy (non-hydrogen) atoms. The van der Waals surface area contributed by atoms with Gasteiger partial charge in [-0.25, -0.2) is 4.98 Å². The first-order chi connectivity index (χ1) is 8.78. The van der Waals surface area contributed by atoms with E-state index in [4.69, 9.17) is 11.6 Å². The van der Waals surface area contributed by atoms with Crippen molar-refractivity contribution in [1.82, 2.24) is 9.97 Å². The van der Waals surface area contributed by atoms with Crippen LogP contribution in [0.2, 0.25) is 0 Å². The van der Waals surface area contributed by atoms with Gasteiger partial charge < -0.3 is 9.88 Å². The number of alkyl halides is 1. The number of nitrogens with zero attached hydrogens (tertiary/aromatic N) is 2. The van der Waals surface area contributed by atoms with Crippen LogP contribution in [0.3, 0.4) is 0 Å². The molecule has 4 nitrogen and oxygen atoms in total. The van der Waals surface area contributed by atoms with E-state index in [1.165, 1.54) is 12.8 Å². The highest BCUT2D eigenvalue weighted by molar-refractivity contribution is 6.16. The van der Waals surface area contributed by atoms with E-state index in [1.54, 1.807) is 0 Å². The van der Waals surface area contributed by atoms with Crippen LogP contribution in [-0.2, 0) is 5.88 Å². The Labute approximate surface area is 110 Å². The second-order valence-corrected chi connectivity index (χ2v) is 4.81. The molecule has 0 amide bonds. The van der Waals surface area contributed by atoms with Crippen LogP contribution in [0.4, 0.5) is 5.69 Å². The van der Waals surface area contributed by atoms with Crippen molar-refractivity contribution in [2.45, 2.75) is 18.7 Å². The normalized spacial score (nSPS) is 15.5. The SMILES string of the molecule is O=c1[nH]c(CCl)nc2ccc(N3CCCC3)cc12. The summed E-state index contributed by atoms with van der Waals surface area (Å²) >= 11 is 5.69. The maximum absolute atomic E-state index is 12.0. The van der Waals surface area contributed by atoms with Crippen LogP contribution in [0, 0.1) is 0 Å². The predicted molar refractivity (Wildman–Crippen MR) is 73.4 cm³/mol. The summed E-state index contributed by atoms with van der Waals surface area (Å²) < 4.78 is 0. The van der Waals surface area contributed by atoms with E-state index in [9.17, 15) is 4.79 Å². The van der Waals surface area contributed by atoms with Gasteiger partial charge >= 0.3 is 0 Å². The Kier molecular flexibility index (Phi) is 2.96. The van der Waals surface area contributed by atoms with E-state index in [0.717, 1.165) is 18.8 Å². The van der Waals surface area contributed by atoms with Gasteiger partial charge in [-0.1, -0.05) is 0 Å². The van der Waals surface area contributed by atoms with Crippen LogP contribution in [0.5, 0.6) is 0 Å². The van der Waals surface area contributed by atoms with Crippen molar-refractivity contribution in [1.29, 1.82) is 0 Å². The average molecular weight is 264 g/mol. The first-order valence-electron chi connectivity index (χ1n) is 6.12. The van der Waals surface area contributed by atoms with Gasteiger partial charge in [-0.05, 0) is 31.0 Å². The highest BCUT2D eigenvalue weighted by atomic mass is 35.5. The number of fused-ring (bicyclic) bond motifs is 1. The van der Waals surface area contributed by atoms with Crippen molar-refractivity contribution in [3.63, 3.8) is 0 Å². The molecule has 3 rings (SSSR count). The topological polar surface area (TPSA) is 49.0 Å². The first kappa shape index (κ1) is 11.5. The molecule has 0 saturated carbocycles. The molecule has 0 unspecified atom stereocenters. The number of halogens is 1. The van der Waals surface area contributed by atoms with E-state index in [2.05, 4.69) is 14.9 Å². The summed E-state index contributed by atoms with van der Waals surface area (Å²) in [6, 6.07) is 5.84. The molecular formula is C13H14ClN3O. The lowest BCUT2D eigenvalue weighted by Gasteiger charge is -2.17. The van der Waals surface area contributed by atoms with E-state index < -0.39 is 0 Å². The van der Waals surface area contributed by atoms with E-state index in [0.29, 0.717) is 16.7 Å². The van der Waals surface area contributed by atoms with Crippen molar-refractivity contribution in [2.75, 3.05) is 18.0 Å². The number of rotatable bonds is 2. The molecule has 0 aliphatic carbocycles. The Bertz CT molecular complexity index is 632. The fraction of sp³-hybridized carbons (Fsp3) is 0.385. The molecule has 1 aromatic carbocycles. The number of hydrogen-bond donors (Lipinski definition) is 1. The van der Waals surface area contributed by atoms with Gasteiger partial charge in [0.1, 0.15) is 5.82 Å². The number of aromatic amines is 1. The third kappa shape index (κ3) is 1.97. The Hall–Kier alpha value is -1.55.